The molecule has 1 aliphatic carbocycles. The molecule has 3 heteroatoms. The molecule has 0 amide bonds. The van der Waals surface area contributed by atoms with Crippen LogP contribution in [0.4, 0.5) is 5.69 Å². The van der Waals surface area contributed by atoms with Crippen LogP contribution in [0.3, 0.4) is 0 Å². The highest BCUT2D eigenvalue weighted by molar-refractivity contribution is 5.89. The van der Waals surface area contributed by atoms with Gasteiger partial charge in [-0.3, -0.25) is 4.79 Å². The van der Waals surface area contributed by atoms with Crippen molar-refractivity contribution >= 4 is 17.2 Å². The first-order valence-electron chi connectivity index (χ1n) is 5.03. The molecule has 3 nitrogen and oxygen atoms in total. The van der Waals surface area contributed by atoms with Gasteiger partial charge in [0, 0.05) is 0 Å². The van der Waals surface area contributed by atoms with E-state index in [0.29, 0.717) is 5.69 Å². The van der Waals surface area contributed by atoms with E-state index >= 15 is 0 Å². The van der Waals surface area contributed by atoms with E-state index in [2.05, 4.69) is 4.85 Å². The Morgan fingerprint density at radius 2 is 2.31 bits per heavy atom. The summed E-state index contributed by atoms with van der Waals surface area (Å²) in [5.41, 5.74) is 4.60. The topological polar surface area (TPSA) is 41.7 Å². The van der Waals surface area contributed by atoms with E-state index in [0.717, 1.165) is 28.7 Å². The molecule has 0 fully saturated rings. The highest BCUT2D eigenvalue weighted by atomic mass is 16.4. The number of aliphatic carboxylic acids is 1. The monoisotopic (exact) mass is 213 g/mol. The zero-order chi connectivity index (χ0) is 11.7. The number of carboxylic acids is 1. The minimum atomic E-state index is -0.824. The van der Waals surface area contributed by atoms with Gasteiger partial charge in [0.15, 0.2) is 5.69 Å². The predicted octanol–water partition coefficient (Wildman–Crippen LogP) is 3.04. The molecular formula is C13H11NO2. The van der Waals surface area contributed by atoms with E-state index in [4.69, 9.17) is 11.7 Å². The summed E-state index contributed by atoms with van der Waals surface area (Å²) in [4.78, 5) is 14.1. The van der Waals surface area contributed by atoms with Gasteiger partial charge in [-0.25, -0.2) is 4.85 Å². The summed E-state index contributed by atoms with van der Waals surface area (Å²) < 4.78 is 0. The molecule has 0 saturated heterocycles. The molecule has 1 aromatic carbocycles. The second-order valence-corrected chi connectivity index (χ2v) is 3.96. The molecule has 0 aromatic heterocycles. The van der Waals surface area contributed by atoms with Gasteiger partial charge in [0.05, 0.1) is 13.0 Å². The minimum Gasteiger partial charge on any atom is -0.481 e. The van der Waals surface area contributed by atoms with Crippen molar-refractivity contribution in [2.24, 2.45) is 0 Å². The quantitative estimate of drug-likeness (QED) is 0.767. The maximum atomic E-state index is 10.8. The lowest BCUT2D eigenvalue weighted by atomic mass is 10.0. The summed E-state index contributed by atoms with van der Waals surface area (Å²) >= 11 is 0. The first-order valence-corrected chi connectivity index (χ1v) is 5.03. The largest absolute Gasteiger partial charge is 0.481 e. The van der Waals surface area contributed by atoms with Gasteiger partial charge in [0.2, 0.25) is 0 Å². The first-order chi connectivity index (χ1) is 7.61. The smallest absolute Gasteiger partial charge is 0.307 e. The van der Waals surface area contributed by atoms with Gasteiger partial charge in [-0.1, -0.05) is 17.7 Å². The van der Waals surface area contributed by atoms with E-state index in [1.807, 2.05) is 13.0 Å². The van der Waals surface area contributed by atoms with Crippen LogP contribution in [-0.4, -0.2) is 11.1 Å². The molecule has 16 heavy (non-hydrogen) atoms. The van der Waals surface area contributed by atoms with Crippen molar-refractivity contribution < 1.29 is 9.90 Å². The number of hydrogen-bond acceptors (Lipinski definition) is 1. The van der Waals surface area contributed by atoms with Crippen LogP contribution >= 0.6 is 0 Å². The second kappa shape index (κ2) is 3.82. The maximum absolute atomic E-state index is 10.8. The Balaban J connectivity index is 2.47. The maximum Gasteiger partial charge on any atom is 0.307 e. The molecule has 0 aliphatic heterocycles. The Kier molecular flexibility index (Phi) is 2.49. The molecule has 1 N–H and O–H groups in total. The van der Waals surface area contributed by atoms with Crippen LogP contribution in [0.5, 0.6) is 0 Å². The fourth-order valence-electron chi connectivity index (χ4n) is 2.09. The van der Waals surface area contributed by atoms with Crippen LogP contribution < -0.4 is 0 Å². The van der Waals surface area contributed by atoms with Crippen molar-refractivity contribution in [3.05, 3.63) is 46.3 Å². The predicted molar refractivity (Wildman–Crippen MR) is 61.3 cm³/mol. The van der Waals surface area contributed by atoms with Crippen LogP contribution in [0.2, 0.25) is 0 Å². The molecule has 0 atom stereocenters. The van der Waals surface area contributed by atoms with Crippen LogP contribution in [0, 0.1) is 6.57 Å². The Hall–Kier alpha value is -2.08. The zero-order valence-electron chi connectivity index (χ0n) is 8.95. The van der Waals surface area contributed by atoms with Gasteiger partial charge in [-0.15, -0.1) is 0 Å². The van der Waals surface area contributed by atoms with Crippen molar-refractivity contribution in [3.8, 4) is 0 Å². The van der Waals surface area contributed by atoms with Gasteiger partial charge in [0.25, 0.3) is 0 Å². The van der Waals surface area contributed by atoms with E-state index in [-0.39, 0.29) is 6.42 Å². The van der Waals surface area contributed by atoms with Crippen LogP contribution in [0.25, 0.3) is 10.4 Å². The molecule has 80 valence electrons. The fourth-order valence-corrected chi connectivity index (χ4v) is 2.09. The van der Waals surface area contributed by atoms with E-state index in [1.165, 1.54) is 0 Å². The number of nitrogens with zero attached hydrogens (tertiary/aromatic N) is 1. The zero-order valence-corrected chi connectivity index (χ0v) is 8.95. The van der Waals surface area contributed by atoms with Gasteiger partial charge < -0.3 is 5.11 Å². The molecule has 0 unspecified atom stereocenters. The van der Waals surface area contributed by atoms with E-state index < -0.39 is 5.97 Å². The van der Waals surface area contributed by atoms with Crippen molar-refractivity contribution in [2.45, 2.75) is 19.8 Å². The van der Waals surface area contributed by atoms with Crippen molar-refractivity contribution in [2.75, 3.05) is 0 Å². The molecule has 0 radical (unpaired) electrons. The summed E-state index contributed by atoms with van der Waals surface area (Å²) in [6.07, 6.45) is 0.844. The van der Waals surface area contributed by atoms with E-state index in [1.54, 1.807) is 12.1 Å². The molecule has 1 aliphatic rings. The molecule has 0 heterocycles. The van der Waals surface area contributed by atoms with E-state index in [9.17, 15) is 4.79 Å². The lowest BCUT2D eigenvalue weighted by Gasteiger charge is -2.04. The molecule has 0 bridgehead atoms. The van der Waals surface area contributed by atoms with Crippen molar-refractivity contribution in [3.63, 3.8) is 0 Å². The first kappa shape index (κ1) is 10.4. The lowest BCUT2D eigenvalue weighted by molar-refractivity contribution is -0.135. The number of rotatable bonds is 2. The average molecular weight is 213 g/mol. The number of allylic oxidation sites excluding steroid dienone is 1. The van der Waals surface area contributed by atoms with Crippen LogP contribution in [-0.2, 0) is 11.2 Å². The fraction of sp³-hybridized carbons (Fsp3) is 0.231. The summed E-state index contributed by atoms with van der Waals surface area (Å²) in [6, 6.07) is 5.49. The number of fused-ring (bicyclic) bond motifs is 1. The second-order valence-electron chi connectivity index (χ2n) is 3.96. The van der Waals surface area contributed by atoms with Gasteiger partial charge >= 0.3 is 5.97 Å². The SMILES string of the molecule is [C-]#[N+]c1ccc2c(c1)C(CC(=O)O)=C(C)C2. The molecule has 0 saturated carbocycles. The van der Waals surface area contributed by atoms with Gasteiger partial charge in [-0.2, -0.15) is 0 Å². The Bertz CT molecular complexity index is 535. The number of carbonyl (C=O) groups is 1. The Labute approximate surface area is 93.8 Å². The number of benzene rings is 1. The molecule has 0 spiro atoms. The van der Waals surface area contributed by atoms with Gasteiger partial charge in [0.1, 0.15) is 0 Å². The van der Waals surface area contributed by atoms with Crippen LogP contribution in [0.15, 0.2) is 23.8 Å². The summed E-state index contributed by atoms with van der Waals surface area (Å²) in [5.74, 6) is -0.824. The Morgan fingerprint density at radius 1 is 1.56 bits per heavy atom. The summed E-state index contributed by atoms with van der Waals surface area (Å²) in [6.45, 7) is 8.91. The minimum absolute atomic E-state index is 0.0420. The van der Waals surface area contributed by atoms with Crippen molar-refractivity contribution in [1.82, 2.24) is 0 Å². The molecular weight excluding hydrogens is 202 g/mol. The standard InChI is InChI=1S/C13H11NO2/c1-8-5-9-3-4-10(14-2)6-12(9)11(8)7-13(15)16/h3-4,6H,5,7H2,1H3,(H,15,16). The molecule has 1 aromatic rings. The summed E-state index contributed by atoms with van der Waals surface area (Å²) in [5, 5.41) is 8.85. The van der Waals surface area contributed by atoms with Crippen LogP contribution in [0.1, 0.15) is 24.5 Å². The Morgan fingerprint density at radius 3 is 2.94 bits per heavy atom. The normalized spacial score (nSPS) is 13.5. The summed E-state index contributed by atoms with van der Waals surface area (Å²) in [7, 11) is 0. The highest BCUT2D eigenvalue weighted by Gasteiger charge is 2.20. The third kappa shape index (κ3) is 1.70. The number of hydrogen-bond donors (Lipinski definition) is 1. The average Bonchev–Trinajstić information content (AvgIpc) is 2.54. The van der Waals surface area contributed by atoms with Crippen molar-refractivity contribution in [1.29, 1.82) is 0 Å². The third-order valence-corrected chi connectivity index (χ3v) is 2.85. The third-order valence-electron chi connectivity index (χ3n) is 2.85. The lowest BCUT2D eigenvalue weighted by Crippen LogP contribution is -1.96. The van der Waals surface area contributed by atoms with Gasteiger partial charge in [-0.05, 0) is 36.1 Å². The highest BCUT2D eigenvalue weighted by Crippen LogP contribution is 2.36. The number of carboxylic acid groups (broad SMARTS) is 1. The molecule has 2 rings (SSSR count).